The van der Waals surface area contributed by atoms with Crippen LogP contribution in [0.4, 0.5) is 18.9 Å². The van der Waals surface area contributed by atoms with Gasteiger partial charge in [0.2, 0.25) is 5.91 Å². The molecule has 1 amide bonds. The molecule has 0 radical (unpaired) electrons. The molecular formula is C24H18F3N3O2S. The maximum Gasteiger partial charge on any atom is 0.387 e. The van der Waals surface area contributed by atoms with Crippen LogP contribution in [0.5, 0.6) is 5.75 Å². The van der Waals surface area contributed by atoms with E-state index in [4.69, 9.17) is 0 Å². The summed E-state index contributed by atoms with van der Waals surface area (Å²) in [5.41, 5.74) is 1.47. The van der Waals surface area contributed by atoms with Crippen LogP contribution in [0.25, 0.3) is 22.0 Å². The second-order valence-electron chi connectivity index (χ2n) is 7.03. The van der Waals surface area contributed by atoms with Gasteiger partial charge in [-0.25, -0.2) is 4.39 Å². The first-order valence-corrected chi connectivity index (χ1v) is 10.8. The van der Waals surface area contributed by atoms with E-state index in [1.807, 2.05) is 24.3 Å². The molecule has 1 N–H and O–H groups in total. The van der Waals surface area contributed by atoms with Crippen molar-refractivity contribution >= 4 is 34.1 Å². The van der Waals surface area contributed by atoms with E-state index in [1.54, 1.807) is 25.1 Å². The molecule has 1 heterocycles. The molecule has 9 heteroatoms. The molecule has 3 aromatic carbocycles. The fraction of sp³-hybridized carbons (Fsp3) is 0.125. The van der Waals surface area contributed by atoms with Gasteiger partial charge in [-0.15, -0.1) is 10.2 Å². The molecule has 0 bridgehead atoms. The summed E-state index contributed by atoms with van der Waals surface area (Å²) in [5.74, 6) is -0.866. The van der Waals surface area contributed by atoms with E-state index in [1.165, 1.54) is 42.1 Å². The Kier molecular flexibility index (Phi) is 6.79. The molecule has 0 fully saturated rings. The number of ether oxygens (including phenoxy) is 1. The Labute approximate surface area is 192 Å². The molecule has 1 unspecified atom stereocenters. The number of fused-ring (bicyclic) bond motifs is 1. The summed E-state index contributed by atoms with van der Waals surface area (Å²) in [7, 11) is 0. The van der Waals surface area contributed by atoms with Crippen molar-refractivity contribution in [3.63, 3.8) is 0 Å². The van der Waals surface area contributed by atoms with Gasteiger partial charge in [-0.05, 0) is 43.3 Å². The number of halogens is 3. The van der Waals surface area contributed by atoms with Crippen molar-refractivity contribution in [2.75, 3.05) is 5.32 Å². The number of benzene rings is 3. The Hall–Kier alpha value is -3.59. The van der Waals surface area contributed by atoms with E-state index in [0.717, 1.165) is 16.3 Å². The lowest BCUT2D eigenvalue weighted by Gasteiger charge is -2.15. The Balaban J connectivity index is 1.58. The third kappa shape index (κ3) is 5.25. The predicted molar refractivity (Wildman–Crippen MR) is 122 cm³/mol. The Morgan fingerprint density at radius 3 is 2.33 bits per heavy atom. The first-order chi connectivity index (χ1) is 15.9. The van der Waals surface area contributed by atoms with Gasteiger partial charge in [-0.2, -0.15) is 8.78 Å². The normalized spacial score (nSPS) is 12.0. The topological polar surface area (TPSA) is 64.1 Å². The first-order valence-electron chi connectivity index (χ1n) is 9.95. The Morgan fingerprint density at radius 1 is 0.939 bits per heavy atom. The standard InChI is InChI=1S/C24H18F3N3O2S/c1-14(22(31)28-19-8-4-5-9-20(19)32-24(26)27)33-23-18-7-3-2-6-17(18)21(29-30-23)15-10-12-16(25)13-11-15/h2-14,24H,1H3,(H,28,31). The number of para-hydroxylation sites is 2. The number of aromatic nitrogens is 2. The van der Waals surface area contributed by atoms with Crippen LogP contribution in [-0.2, 0) is 4.79 Å². The fourth-order valence-electron chi connectivity index (χ4n) is 3.21. The van der Waals surface area contributed by atoms with Crippen LogP contribution in [-0.4, -0.2) is 28.0 Å². The number of amides is 1. The van der Waals surface area contributed by atoms with Gasteiger partial charge in [0, 0.05) is 16.3 Å². The third-order valence-electron chi connectivity index (χ3n) is 4.79. The number of carbonyl (C=O) groups is 1. The second-order valence-corrected chi connectivity index (χ2v) is 8.36. The highest BCUT2D eigenvalue weighted by Crippen LogP contribution is 2.34. The fourth-order valence-corrected chi connectivity index (χ4v) is 4.11. The number of rotatable bonds is 7. The number of thioether (sulfide) groups is 1. The molecule has 0 aliphatic rings. The largest absolute Gasteiger partial charge is 0.433 e. The predicted octanol–water partition coefficient (Wildman–Crippen LogP) is 6.16. The molecule has 0 aliphatic heterocycles. The average Bonchev–Trinajstić information content (AvgIpc) is 2.81. The molecule has 0 saturated heterocycles. The van der Waals surface area contributed by atoms with Crippen LogP contribution in [0.2, 0.25) is 0 Å². The number of hydrogen-bond donors (Lipinski definition) is 1. The van der Waals surface area contributed by atoms with Gasteiger partial charge in [-0.1, -0.05) is 48.2 Å². The highest BCUT2D eigenvalue weighted by molar-refractivity contribution is 8.00. The summed E-state index contributed by atoms with van der Waals surface area (Å²) in [6.45, 7) is -1.32. The number of anilines is 1. The molecule has 33 heavy (non-hydrogen) atoms. The van der Waals surface area contributed by atoms with Crippen LogP contribution < -0.4 is 10.1 Å². The molecule has 1 aromatic heterocycles. The average molecular weight is 469 g/mol. The molecular weight excluding hydrogens is 451 g/mol. The highest BCUT2D eigenvalue weighted by atomic mass is 32.2. The smallest absolute Gasteiger partial charge is 0.387 e. The number of alkyl halides is 2. The molecule has 4 aromatic rings. The molecule has 5 nitrogen and oxygen atoms in total. The lowest BCUT2D eigenvalue weighted by molar-refractivity contribution is -0.115. The van der Waals surface area contributed by atoms with Gasteiger partial charge in [0.1, 0.15) is 22.3 Å². The van der Waals surface area contributed by atoms with E-state index in [0.29, 0.717) is 10.7 Å². The second kappa shape index (κ2) is 9.91. The van der Waals surface area contributed by atoms with Crippen LogP contribution in [0.3, 0.4) is 0 Å². The van der Waals surface area contributed by atoms with E-state index in [2.05, 4.69) is 20.3 Å². The quantitative estimate of drug-likeness (QED) is 0.329. The van der Waals surface area contributed by atoms with Gasteiger partial charge >= 0.3 is 6.61 Å². The van der Waals surface area contributed by atoms with E-state index in [9.17, 15) is 18.0 Å². The zero-order chi connectivity index (χ0) is 23.4. The third-order valence-corrected chi connectivity index (χ3v) is 5.88. The maximum absolute atomic E-state index is 13.3. The van der Waals surface area contributed by atoms with E-state index < -0.39 is 17.8 Å². The summed E-state index contributed by atoms with van der Waals surface area (Å²) in [5, 5.41) is 12.8. The van der Waals surface area contributed by atoms with Crippen LogP contribution in [0.15, 0.2) is 77.8 Å². The minimum absolute atomic E-state index is 0.119. The number of nitrogens with one attached hydrogen (secondary N) is 1. The number of hydrogen-bond acceptors (Lipinski definition) is 5. The number of carbonyl (C=O) groups excluding carboxylic acids is 1. The summed E-state index contributed by atoms with van der Waals surface area (Å²) in [6.07, 6.45) is 0. The molecule has 0 spiro atoms. The van der Waals surface area contributed by atoms with Crippen LogP contribution in [0.1, 0.15) is 6.92 Å². The lowest BCUT2D eigenvalue weighted by Crippen LogP contribution is -2.23. The minimum atomic E-state index is -3.00. The van der Waals surface area contributed by atoms with Crippen LogP contribution >= 0.6 is 11.8 Å². The molecule has 0 saturated carbocycles. The zero-order valence-electron chi connectivity index (χ0n) is 17.3. The van der Waals surface area contributed by atoms with Crippen molar-refractivity contribution in [1.82, 2.24) is 10.2 Å². The lowest BCUT2D eigenvalue weighted by atomic mass is 10.1. The maximum atomic E-state index is 13.3. The Morgan fingerprint density at radius 2 is 1.61 bits per heavy atom. The van der Waals surface area contributed by atoms with Crippen molar-refractivity contribution in [3.8, 4) is 17.0 Å². The van der Waals surface area contributed by atoms with Crippen molar-refractivity contribution in [2.24, 2.45) is 0 Å². The van der Waals surface area contributed by atoms with Crippen molar-refractivity contribution in [1.29, 1.82) is 0 Å². The van der Waals surface area contributed by atoms with Crippen LogP contribution in [0, 0.1) is 5.82 Å². The van der Waals surface area contributed by atoms with Gasteiger partial charge in [0.15, 0.2) is 0 Å². The van der Waals surface area contributed by atoms with Crippen molar-refractivity contribution in [3.05, 3.63) is 78.6 Å². The summed E-state index contributed by atoms with van der Waals surface area (Å²) in [4.78, 5) is 12.8. The summed E-state index contributed by atoms with van der Waals surface area (Å²) < 4.78 is 43.1. The minimum Gasteiger partial charge on any atom is -0.433 e. The van der Waals surface area contributed by atoms with Crippen molar-refractivity contribution < 1.29 is 22.7 Å². The number of nitrogens with zero attached hydrogens (tertiary/aromatic N) is 2. The van der Waals surface area contributed by atoms with Gasteiger partial charge in [0.25, 0.3) is 0 Å². The van der Waals surface area contributed by atoms with Gasteiger partial charge in [-0.3, -0.25) is 4.79 Å². The summed E-state index contributed by atoms with van der Waals surface area (Å²) >= 11 is 1.19. The molecule has 0 aliphatic carbocycles. The highest BCUT2D eigenvalue weighted by Gasteiger charge is 2.20. The van der Waals surface area contributed by atoms with Gasteiger partial charge < -0.3 is 10.1 Å². The zero-order valence-corrected chi connectivity index (χ0v) is 18.2. The summed E-state index contributed by atoms with van der Waals surface area (Å²) in [6, 6.07) is 19.4. The Bertz CT molecular complexity index is 1290. The molecule has 4 rings (SSSR count). The monoisotopic (exact) mass is 469 g/mol. The molecule has 1 atom stereocenters. The van der Waals surface area contributed by atoms with E-state index in [-0.39, 0.29) is 17.3 Å². The van der Waals surface area contributed by atoms with Gasteiger partial charge in [0.05, 0.1) is 10.9 Å². The molecule has 168 valence electrons. The van der Waals surface area contributed by atoms with Crippen molar-refractivity contribution in [2.45, 2.75) is 23.8 Å². The first kappa shape index (κ1) is 22.6. The SMILES string of the molecule is CC(Sc1nnc(-c2ccc(F)cc2)c2ccccc12)C(=O)Nc1ccccc1OC(F)F. The van der Waals surface area contributed by atoms with E-state index >= 15 is 0 Å².